The second-order valence-corrected chi connectivity index (χ2v) is 9.10. The van der Waals surface area contributed by atoms with Crippen molar-refractivity contribution in [1.29, 1.82) is 0 Å². The van der Waals surface area contributed by atoms with E-state index >= 15 is 0 Å². The van der Waals surface area contributed by atoms with E-state index in [0.29, 0.717) is 18.5 Å². The molecule has 1 aliphatic heterocycles. The fourth-order valence-electron chi connectivity index (χ4n) is 5.49. The van der Waals surface area contributed by atoms with Crippen LogP contribution in [0.4, 0.5) is 11.4 Å². The number of ether oxygens (including phenoxy) is 1. The predicted octanol–water partition coefficient (Wildman–Crippen LogP) is 3.07. The first kappa shape index (κ1) is 26.7. The van der Waals surface area contributed by atoms with Gasteiger partial charge >= 0.3 is 5.97 Å². The van der Waals surface area contributed by atoms with Gasteiger partial charge in [-0.05, 0) is 63.8 Å². The highest BCUT2D eigenvalue weighted by atomic mass is 16.5. The molecule has 192 valence electrons. The van der Waals surface area contributed by atoms with Crippen molar-refractivity contribution >= 4 is 29.2 Å². The number of aliphatic hydroxyl groups excluding tert-OH is 1. The Balaban J connectivity index is 1.89. The summed E-state index contributed by atoms with van der Waals surface area (Å²) < 4.78 is 5.34. The Labute approximate surface area is 208 Å². The second-order valence-electron chi connectivity index (χ2n) is 9.10. The molecule has 0 spiro atoms. The lowest BCUT2D eigenvalue weighted by atomic mass is 9.69. The molecule has 1 heterocycles. The predicted molar refractivity (Wildman–Crippen MR) is 136 cm³/mol. The zero-order valence-electron chi connectivity index (χ0n) is 21.3. The van der Waals surface area contributed by atoms with Crippen LogP contribution in [0.25, 0.3) is 0 Å². The number of carbonyl (C=O) groups is 3. The topological polar surface area (TPSA) is 99.2 Å². The smallest absolute Gasteiger partial charge is 0.310 e. The highest BCUT2D eigenvalue weighted by Crippen LogP contribution is 2.45. The monoisotopic (exact) mass is 485 g/mol. The molecule has 5 atom stereocenters. The van der Waals surface area contributed by atoms with Crippen LogP contribution >= 0.6 is 0 Å². The normalized spacial score (nSPS) is 25.3. The lowest BCUT2D eigenvalue weighted by molar-refractivity contribution is -0.155. The van der Waals surface area contributed by atoms with E-state index in [1.165, 1.54) is 0 Å². The lowest BCUT2D eigenvalue weighted by Crippen LogP contribution is -2.44. The molecule has 8 nitrogen and oxygen atoms in total. The maximum atomic E-state index is 13.6. The molecular formula is C27H39N3O5. The fraction of sp³-hybridized carbons (Fsp3) is 0.593. The van der Waals surface area contributed by atoms with Crippen molar-refractivity contribution in [2.24, 2.45) is 23.7 Å². The van der Waals surface area contributed by atoms with Gasteiger partial charge in [0.05, 0.1) is 18.4 Å². The summed E-state index contributed by atoms with van der Waals surface area (Å²) in [5, 5.41) is 12.4. The lowest BCUT2D eigenvalue weighted by Gasteiger charge is -2.33. The van der Waals surface area contributed by atoms with E-state index < -0.39 is 23.8 Å². The Hall–Kier alpha value is -2.87. The van der Waals surface area contributed by atoms with Gasteiger partial charge in [-0.25, -0.2) is 0 Å². The molecule has 2 amide bonds. The van der Waals surface area contributed by atoms with Gasteiger partial charge in [-0.15, -0.1) is 0 Å². The van der Waals surface area contributed by atoms with E-state index in [1.54, 1.807) is 11.8 Å². The van der Waals surface area contributed by atoms with E-state index in [-0.39, 0.29) is 43.5 Å². The number of likely N-dealkylation sites (tertiary alicyclic amines) is 1. The van der Waals surface area contributed by atoms with Crippen LogP contribution in [0.1, 0.15) is 40.5 Å². The minimum Gasteiger partial charge on any atom is -0.466 e. The zero-order chi connectivity index (χ0) is 25.5. The molecule has 2 aliphatic rings. The molecule has 0 unspecified atom stereocenters. The zero-order valence-corrected chi connectivity index (χ0v) is 21.3. The third kappa shape index (κ3) is 5.53. The summed E-state index contributed by atoms with van der Waals surface area (Å²) in [6.45, 7) is 10.1. The molecule has 3 rings (SSSR count). The summed E-state index contributed by atoms with van der Waals surface area (Å²) in [4.78, 5) is 43.8. The fourth-order valence-corrected chi connectivity index (χ4v) is 5.49. The summed E-state index contributed by atoms with van der Waals surface area (Å²) in [5.41, 5.74) is 1.73. The average molecular weight is 486 g/mol. The Kier molecular flexibility index (Phi) is 9.32. The van der Waals surface area contributed by atoms with E-state index in [0.717, 1.165) is 18.8 Å². The number of carbonyl (C=O) groups excluding carboxylic acids is 3. The molecule has 1 saturated heterocycles. The standard InChI is InChI=1S/C27H39N3O5/c1-5-18-10-15-21-23(22(18)27(34)35-8-4)26(33)30(16-9-17-31)24(21)25(32)28-19-11-13-20(14-12-19)29(6-2)7-3/h10-15,18,21-24,31H,5-9,16-17H2,1-4H3,(H,28,32)/t18-,21+,22-,23-,24+/m1/s1. The van der Waals surface area contributed by atoms with Gasteiger partial charge < -0.3 is 25.0 Å². The minimum absolute atomic E-state index is 0.0883. The summed E-state index contributed by atoms with van der Waals surface area (Å²) in [7, 11) is 0. The number of hydrogen-bond donors (Lipinski definition) is 2. The molecule has 1 aromatic rings. The molecule has 0 radical (unpaired) electrons. The summed E-state index contributed by atoms with van der Waals surface area (Å²) in [5.74, 6) is -2.72. The Morgan fingerprint density at radius 2 is 1.77 bits per heavy atom. The van der Waals surface area contributed by atoms with E-state index in [1.807, 2.05) is 43.3 Å². The number of nitrogens with zero attached hydrogens (tertiary/aromatic N) is 2. The highest BCUT2D eigenvalue weighted by molar-refractivity contribution is 6.01. The summed E-state index contributed by atoms with van der Waals surface area (Å²) in [6.07, 6.45) is 4.95. The van der Waals surface area contributed by atoms with Gasteiger partial charge in [-0.2, -0.15) is 0 Å². The van der Waals surface area contributed by atoms with Crippen LogP contribution in [-0.4, -0.2) is 66.7 Å². The van der Waals surface area contributed by atoms with Crippen molar-refractivity contribution in [3.8, 4) is 0 Å². The van der Waals surface area contributed by atoms with Crippen LogP contribution in [0.15, 0.2) is 36.4 Å². The van der Waals surface area contributed by atoms with Gasteiger partial charge in [0.25, 0.3) is 0 Å². The second kappa shape index (κ2) is 12.2. The quantitative estimate of drug-likeness (QED) is 0.369. The molecular weight excluding hydrogens is 446 g/mol. The number of fused-ring (bicyclic) bond motifs is 1. The molecule has 8 heteroatoms. The first-order valence-corrected chi connectivity index (χ1v) is 12.8. The number of allylic oxidation sites excluding steroid dienone is 1. The molecule has 35 heavy (non-hydrogen) atoms. The van der Waals surface area contributed by atoms with Crippen LogP contribution in [-0.2, 0) is 19.1 Å². The molecule has 1 fully saturated rings. The molecule has 2 N–H and O–H groups in total. The first-order valence-electron chi connectivity index (χ1n) is 12.8. The number of nitrogens with one attached hydrogen (secondary N) is 1. The number of amides is 2. The van der Waals surface area contributed by atoms with Gasteiger partial charge in [0.1, 0.15) is 6.04 Å². The van der Waals surface area contributed by atoms with Gasteiger partial charge in [0.15, 0.2) is 0 Å². The SMILES string of the molecule is CCOC(=O)[C@H]1[C@@H]2C(=O)N(CCCO)[C@H](C(=O)Nc3ccc(N(CC)CC)cc3)[C@H]2C=C[C@H]1CC. The van der Waals surface area contributed by atoms with Crippen LogP contribution in [0.2, 0.25) is 0 Å². The molecule has 0 saturated carbocycles. The number of esters is 1. The van der Waals surface area contributed by atoms with Crippen LogP contribution < -0.4 is 10.2 Å². The van der Waals surface area contributed by atoms with Crippen molar-refractivity contribution in [1.82, 2.24) is 4.90 Å². The number of aliphatic hydroxyl groups is 1. The van der Waals surface area contributed by atoms with Crippen molar-refractivity contribution in [2.75, 3.05) is 43.1 Å². The van der Waals surface area contributed by atoms with Crippen LogP contribution in [0.3, 0.4) is 0 Å². The molecule has 0 bridgehead atoms. The first-order chi connectivity index (χ1) is 16.9. The van der Waals surface area contributed by atoms with E-state index in [9.17, 15) is 19.5 Å². The largest absolute Gasteiger partial charge is 0.466 e. The Morgan fingerprint density at radius 1 is 1.09 bits per heavy atom. The van der Waals surface area contributed by atoms with Crippen molar-refractivity contribution in [2.45, 2.75) is 46.6 Å². The number of rotatable bonds is 11. The van der Waals surface area contributed by atoms with Crippen LogP contribution in [0.5, 0.6) is 0 Å². The average Bonchev–Trinajstić information content (AvgIpc) is 3.15. The van der Waals surface area contributed by atoms with Gasteiger partial charge in [0, 0.05) is 43.5 Å². The minimum atomic E-state index is -0.757. The van der Waals surface area contributed by atoms with Crippen molar-refractivity contribution in [3.63, 3.8) is 0 Å². The maximum absolute atomic E-state index is 13.6. The van der Waals surface area contributed by atoms with Gasteiger partial charge in [-0.3, -0.25) is 14.4 Å². The van der Waals surface area contributed by atoms with Gasteiger partial charge in [0.2, 0.25) is 11.8 Å². The number of benzene rings is 1. The summed E-state index contributed by atoms with van der Waals surface area (Å²) in [6, 6.07) is 6.91. The number of hydrogen-bond acceptors (Lipinski definition) is 6. The van der Waals surface area contributed by atoms with Gasteiger partial charge in [-0.1, -0.05) is 19.1 Å². The van der Waals surface area contributed by atoms with E-state index in [2.05, 4.69) is 24.1 Å². The number of anilines is 2. The highest BCUT2D eigenvalue weighted by Gasteiger charge is 2.57. The summed E-state index contributed by atoms with van der Waals surface area (Å²) >= 11 is 0. The third-order valence-electron chi connectivity index (χ3n) is 7.23. The molecule has 1 aromatic carbocycles. The Bertz CT molecular complexity index is 912. The van der Waals surface area contributed by atoms with Crippen molar-refractivity contribution in [3.05, 3.63) is 36.4 Å². The molecule has 0 aromatic heterocycles. The Morgan fingerprint density at radius 3 is 2.34 bits per heavy atom. The van der Waals surface area contributed by atoms with Crippen molar-refractivity contribution < 1.29 is 24.2 Å². The van der Waals surface area contributed by atoms with E-state index in [4.69, 9.17) is 4.74 Å². The third-order valence-corrected chi connectivity index (χ3v) is 7.23. The maximum Gasteiger partial charge on any atom is 0.310 e. The molecule has 1 aliphatic carbocycles. The van der Waals surface area contributed by atoms with Crippen LogP contribution in [0, 0.1) is 23.7 Å².